The van der Waals surface area contributed by atoms with Crippen molar-refractivity contribution in [2.75, 3.05) is 0 Å². The van der Waals surface area contributed by atoms with Crippen LogP contribution in [0.4, 0.5) is 0 Å². The largest absolute Gasteiger partial charge is 0.487 e. The van der Waals surface area contributed by atoms with Crippen molar-refractivity contribution < 1.29 is 4.74 Å². The molecule has 106 valence electrons. The Morgan fingerprint density at radius 3 is 2.75 bits per heavy atom. The summed E-state index contributed by atoms with van der Waals surface area (Å²) in [7, 11) is 0. The molecule has 0 atom stereocenters. The van der Waals surface area contributed by atoms with E-state index in [9.17, 15) is 0 Å². The van der Waals surface area contributed by atoms with Crippen LogP contribution in [-0.4, -0.2) is 9.78 Å². The highest BCUT2D eigenvalue weighted by Crippen LogP contribution is 2.28. The summed E-state index contributed by atoms with van der Waals surface area (Å²) >= 11 is 0. The third-order valence-electron chi connectivity index (χ3n) is 4.07. The number of ether oxygens (including phenoxy) is 1. The second kappa shape index (κ2) is 5.70. The Morgan fingerprint density at radius 1 is 1.20 bits per heavy atom. The maximum Gasteiger partial charge on any atom is 0.132 e. The highest BCUT2D eigenvalue weighted by molar-refractivity contribution is 5.35. The summed E-state index contributed by atoms with van der Waals surface area (Å²) in [6.45, 7) is 4.73. The number of benzene rings is 1. The fraction of sp³-hybridized carbons (Fsp3) is 0.471. The van der Waals surface area contributed by atoms with Crippen LogP contribution < -0.4 is 4.74 Å². The minimum atomic E-state index is 0.545. The van der Waals surface area contributed by atoms with E-state index in [4.69, 9.17) is 4.74 Å². The SMILES string of the molecule is Cc1ccc(OCc2ccn(C3CCCC3)n2)c(C)c1. The van der Waals surface area contributed by atoms with Crippen LogP contribution in [0.5, 0.6) is 5.75 Å². The van der Waals surface area contributed by atoms with Crippen molar-refractivity contribution >= 4 is 0 Å². The van der Waals surface area contributed by atoms with Gasteiger partial charge < -0.3 is 4.74 Å². The molecule has 1 aromatic carbocycles. The van der Waals surface area contributed by atoms with Crippen molar-refractivity contribution in [3.63, 3.8) is 0 Å². The van der Waals surface area contributed by atoms with Crippen molar-refractivity contribution in [1.29, 1.82) is 0 Å². The van der Waals surface area contributed by atoms with Crippen LogP contribution in [0.15, 0.2) is 30.5 Å². The van der Waals surface area contributed by atoms with Crippen LogP contribution in [0.2, 0.25) is 0 Å². The van der Waals surface area contributed by atoms with Crippen LogP contribution in [0, 0.1) is 13.8 Å². The van der Waals surface area contributed by atoms with E-state index in [2.05, 4.69) is 48.0 Å². The van der Waals surface area contributed by atoms with Crippen LogP contribution in [0.25, 0.3) is 0 Å². The summed E-state index contributed by atoms with van der Waals surface area (Å²) in [6, 6.07) is 8.94. The van der Waals surface area contributed by atoms with E-state index in [0.717, 1.165) is 11.4 Å². The normalized spacial score (nSPS) is 15.7. The summed E-state index contributed by atoms with van der Waals surface area (Å²) in [5, 5.41) is 4.65. The summed E-state index contributed by atoms with van der Waals surface area (Å²) in [5.74, 6) is 0.950. The molecule has 1 saturated carbocycles. The molecule has 1 aliphatic carbocycles. The number of hydrogen-bond donors (Lipinski definition) is 0. The predicted molar refractivity (Wildman–Crippen MR) is 80.0 cm³/mol. The quantitative estimate of drug-likeness (QED) is 0.832. The molecule has 0 bridgehead atoms. The molecule has 0 N–H and O–H groups in total. The van der Waals surface area contributed by atoms with E-state index in [0.29, 0.717) is 12.6 Å². The lowest BCUT2D eigenvalue weighted by Gasteiger charge is -2.10. The molecule has 1 heterocycles. The maximum atomic E-state index is 5.88. The van der Waals surface area contributed by atoms with Crippen molar-refractivity contribution in [2.24, 2.45) is 0 Å². The lowest BCUT2D eigenvalue weighted by molar-refractivity contribution is 0.296. The summed E-state index contributed by atoms with van der Waals surface area (Å²) < 4.78 is 8.00. The molecule has 20 heavy (non-hydrogen) atoms. The Kier molecular flexibility index (Phi) is 3.77. The molecule has 0 aliphatic heterocycles. The molecule has 3 nitrogen and oxygen atoms in total. The highest BCUT2D eigenvalue weighted by Gasteiger charge is 2.17. The predicted octanol–water partition coefficient (Wildman–Crippen LogP) is 4.19. The molecule has 1 aliphatic rings. The molecule has 0 saturated heterocycles. The first-order valence-electron chi connectivity index (χ1n) is 7.46. The van der Waals surface area contributed by atoms with Gasteiger partial charge in [-0.25, -0.2) is 0 Å². The number of aromatic nitrogens is 2. The minimum absolute atomic E-state index is 0.545. The number of nitrogens with zero attached hydrogens (tertiary/aromatic N) is 2. The first-order valence-corrected chi connectivity index (χ1v) is 7.46. The molecular weight excluding hydrogens is 248 g/mol. The van der Waals surface area contributed by atoms with E-state index in [1.54, 1.807) is 0 Å². The Morgan fingerprint density at radius 2 is 2.00 bits per heavy atom. The van der Waals surface area contributed by atoms with E-state index < -0.39 is 0 Å². The molecule has 0 spiro atoms. The van der Waals surface area contributed by atoms with E-state index in [1.807, 2.05) is 6.07 Å². The van der Waals surface area contributed by atoms with Crippen molar-refractivity contribution in [3.05, 3.63) is 47.3 Å². The topological polar surface area (TPSA) is 27.1 Å². The van der Waals surface area contributed by atoms with Crippen molar-refractivity contribution in [2.45, 2.75) is 52.2 Å². The number of hydrogen-bond acceptors (Lipinski definition) is 2. The number of aryl methyl sites for hydroxylation is 2. The zero-order valence-corrected chi connectivity index (χ0v) is 12.3. The van der Waals surface area contributed by atoms with Gasteiger partial charge in [-0.15, -0.1) is 0 Å². The first-order chi connectivity index (χ1) is 9.72. The Labute approximate surface area is 120 Å². The molecule has 0 unspecified atom stereocenters. The summed E-state index contributed by atoms with van der Waals surface area (Å²) in [5.41, 5.74) is 3.46. The van der Waals surface area contributed by atoms with E-state index in [1.165, 1.54) is 36.8 Å². The summed E-state index contributed by atoms with van der Waals surface area (Å²) in [4.78, 5) is 0. The smallest absolute Gasteiger partial charge is 0.132 e. The monoisotopic (exact) mass is 270 g/mol. The van der Waals surface area contributed by atoms with Crippen LogP contribution >= 0.6 is 0 Å². The summed E-state index contributed by atoms with van der Waals surface area (Å²) in [6.07, 6.45) is 7.28. The van der Waals surface area contributed by atoms with E-state index >= 15 is 0 Å². The Bertz CT molecular complexity index is 582. The van der Waals surface area contributed by atoms with Crippen LogP contribution in [-0.2, 0) is 6.61 Å². The molecule has 0 radical (unpaired) electrons. The maximum absolute atomic E-state index is 5.88. The zero-order chi connectivity index (χ0) is 13.9. The van der Waals surface area contributed by atoms with Gasteiger partial charge in [0.1, 0.15) is 12.4 Å². The zero-order valence-electron chi connectivity index (χ0n) is 12.3. The molecule has 2 aromatic rings. The van der Waals surface area contributed by atoms with Gasteiger partial charge in [0.25, 0.3) is 0 Å². The average Bonchev–Trinajstić information content (AvgIpc) is 3.08. The van der Waals surface area contributed by atoms with Gasteiger partial charge in [-0.3, -0.25) is 4.68 Å². The fourth-order valence-corrected chi connectivity index (χ4v) is 2.94. The molecular formula is C17H22N2O. The Balaban J connectivity index is 1.63. The average molecular weight is 270 g/mol. The van der Waals surface area contributed by atoms with Crippen molar-refractivity contribution in [3.8, 4) is 5.75 Å². The molecule has 0 amide bonds. The van der Waals surface area contributed by atoms with Crippen LogP contribution in [0.1, 0.15) is 48.5 Å². The van der Waals surface area contributed by atoms with Gasteiger partial charge in [0.15, 0.2) is 0 Å². The molecule has 3 heteroatoms. The van der Waals surface area contributed by atoms with Crippen LogP contribution in [0.3, 0.4) is 0 Å². The van der Waals surface area contributed by atoms with Gasteiger partial charge in [0, 0.05) is 6.20 Å². The van der Waals surface area contributed by atoms with Gasteiger partial charge in [-0.2, -0.15) is 5.10 Å². The lowest BCUT2D eigenvalue weighted by atomic mass is 10.1. The fourth-order valence-electron chi connectivity index (χ4n) is 2.94. The molecule has 3 rings (SSSR count). The molecule has 1 aromatic heterocycles. The number of rotatable bonds is 4. The molecule has 1 fully saturated rings. The van der Waals surface area contributed by atoms with E-state index in [-0.39, 0.29) is 0 Å². The first kappa shape index (κ1) is 13.2. The van der Waals surface area contributed by atoms with Gasteiger partial charge in [0.2, 0.25) is 0 Å². The Hall–Kier alpha value is -1.77. The van der Waals surface area contributed by atoms with Gasteiger partial charge in [-0.05, 0) is 44.4 Å². The third-order valence-corrected chi connectivity index (χ3v) is 4.07. The third kappa shape index (κ3) is 2.87. The second-order valence-electron chi connectivity index (χ2n) is 5.78. The van der Waals surface area contributed by atoms with Gasteiger partial charge in [-0.1, -0.05) is 30.5 Å². The van der Waals surface area contributed by atoms with Gasteiger partial charge in [0.05, 0.1) is 11.7 Å². The standard InChI is InChI=1S/C17H22N2O/c1-13-7-8-17(14(2)11-13)20-12-15-9-10-19(18-15)16-5-3-4-6-16/h7-11,16H,3-6,12H2,1-2H3. The van der Waals surface area contributed by atoms with Crippen molar-refractivity contribution in [1.82, 2.24) is 9.78 Å². The highest BCUT2D eigenvalue weighted by atomic mass is 16.5. The second-order valence-corrected chi connectivity index (χ2v) is 5.78. The minimum Gasteiger partial charge on any atom is -0.487 e. The lowest BCUT2D eigenvalue weighted by Crippen LogP contribution is -2.06. The van der Waals surface area contributed by atoms with Gasteiger partial charge >= 0.3 is 0 Å².